The van der Waals surface area contributed by atoms with Gasteiger partial charge in [-0.25, -0.2) is 4.79 Å². The molecule has 0 heterocycles. The van der Waals surface area contributed by atoms with Crippen LogP contribution in [0.3, 0.4) is 0 Å². The highest BCUT2D eigenvalue weighted by Gasteiger charge is 2.15. The summed E-state index contributed by atoms with van der Waals surface area (Å²) in [5.41, 5.74) is 2.01. The summed E-state index contributed by atoms with van der Waals surface area (Å²) in [6, 6.07) is 15.2. The summed E-state index contributed by atoms with van der Waals surface area (Å²) in [6.45, 7) is 3.79. The minimum absolute atomic E-state index is 0.0155. The number of amides is 3. The Hall–Kier alpha value is -3.22. The molecule has 0 bridgehead atoms. The first-order valence-corrected chi connectivity index (χ1v) is 10.00. The summed E-state index contributed by atoms with van der Waals surface area (Å²) in [7, 11) is 4.91. The van der Waals surface area contributed by atoms with Crippen LogP contribution in [0.15, 0.2) is 48.5 Å². The molecule has 0 radical (unpaired) electrons. The lowest BCUT2D eigenvalue weighted by atomic mass is 10.1. The fourth-order valence-corrected chi connectivity index (χ4v) is 3.07. The van der Waals surface area contributed by atoms with E-state index in [0.717, 1.165) is 11.1 Å². The van der Waals surface area contributed by atoms with Crippen LogP contribution in [0.2, 0.25) is 0 Å². The average Bonchev–Trinajstić information content (AvgIpc) is 2.77. The van der Waals surface area contributed by atoms with Crippen molar-refractivity contribution in [3.63, 3.8) is 0 Å². The quantitative estimate of drug-likeness (QED) is 0.649. The van der Waals surface area contributed by atoms with Crippen LogP contribution >= 0.6 is 0 Å². The van der Waals surface area contributed by atoms with Crippen molar-refractivity contribution in [2.75, 3.05) is 34.4 Å². The number of nitrogens with zero attached hydrogens (tertiary/aromatic N) is 2. The van der Waals surface area contributed by atoms with Crippen LogP contribution in [0.4, 0.5) is 4.79 Å². The summed E-state index contributed by atoms with van der Waals surface area (Å²) >= 11 is 0. The number of carbonyl (C=O) groups is 2. The van der Waals surface area contributed by atoms with Gasteiger partial charge in [-0.05, 0) is 30.2 Å². The molecule has 0 aliphatic rings. The number of rotatable bonds is 10. The third-order valence-corrected chi connectivity index (χ3v) is 4.78. The Labute approximate surface area is 178 Å². The second-order valence-electron chi connectivity index (χ2n) is 6.92. The fraction of sp³-hybridized carbons (Fsp3) is 0.391. The number of carbonyl (C=O) groups excluding carboxylic acids is 2. The third kappa shape index (κ3) is 6.69. The number of hydrogen-bond donors (Lipinski definition) is 1. The Morgan fingerprint density at radius 1 is 0.933 bits per heavy atom. The Kier molecular flexibility index (Phi) is 9.00. The Balaban J connectivity index is 1.83. The summed E-state index contributed by atoms with van der Waals surface area (Å²) in [5, 5.41) is 2.81. The van der Waals surface area contributed by atoms with E-state index in [1.54, 1.807) is 31.1 Å². The molecule has 0 unspecified atom stereocenters. The zero-order chi connectivity index (χ0) is 21.9. The van der Waals surface area contributed by atoms with Crippen LogP contribution in [0.5, 0.6) is 11.5 Å². The Morgan fingerprint density at radius 2 is 1.63 bits per heavy atom. The molecule has 2 aromatic carbocycles. The van der Waals surface area contributed by atoms with Crippen LogP contribution in [-0.4, -0.2) is 56.1 Å². The second kappa shape index (κ2) is 11.7. The van der Waals surface area contributed by atoms with Gasteiger partial charge in [-0.1, -0.05) is 36.4 Å². The lowest BCUT2D eigenvalue weighted by Gasteiger charge is -2.22. The predicted molar refractivity (Wildman–Crippen MR) is 117 cm³/mol. The van der Waals surface area contributed by atoms with Gasteiger partial charge in [0.15, 0.2) is 11.5 Å². The SMILES string of the molecule is CCN(Cc1ccc(OC)c(OC)c1)C(=O)CCNC(=O)N(C)Cc1ccccc1. The minimum atomic E-state index is -0.199. The normalized spacial score (nSPS) is 10.3. The largest absolute Gasteiger partial charge is 0.493 e. The summed E-state index contributed by atoms with van der Waals surface area (Å²) in [5.74, 6) is 1.27. The van der Waals surface area contributed by atoms with Crippen molar-refractivity contribution < 1.29 is 19.1 Å². The highest BCUT2D eigenvalue weighted by Crippen LogP contribution is 2.28. The summed E-state index contributed by atoms with van der Waals surface area (Å²) < 4.78 is 10.6. The standard InChI is InChI=1S/C23H31N3O4/c1-5-26(17-19-11-12-20(29-3)21(15-19)30-4)22(27)13-14-24-23(28)25(2)16-18-9-7-6-8-10-18/h6-12,15H,5,13-14,16-17H2,1-4H3,(H,24,28). The van der Waals surface area contributed by atoms with E-state index in [4.69, 9.17) is 9.47 Å². The second-order valence-corrected chi connectivity index (χ2v) is 6.92. The third-order valence-electron chi connectivity index (χ3n) is 4.78. The first kappa shape index (κ1) is 23.1. The molecule has 7 heteroatoms. The topological polar surface area (TPSA) is 71.1 Å². The lowest BCUT2D eigenvalue weighted by Crippen LogP contribution is -2.39. The number of methoxy groups -OCH3 is 2. The van der Waals surface area contributed by atoms with Gasteiger partial charge >= 0.3 is 6.03 Å². The van der Waals surface area contributed by atoms with Crippen LogP contribution in [0.25, 0.3) is 0 Å². The molecule has 0 saturated heterocycles. The van der Waals surface area contributed by atoms with Crippen LogP contribution in [-0.2, 0) is 17.9 Å². The lowest BCUT2D eigenvalue weighted by molar-refractivity contribution is -0.131. The first-order valence-electron chi connectivity index (χ1n) is 10.00. The van der Waals surface area contributed by atoms with Crippen LogP contribution < -0.4 is 14.8 Å². The first-order chi connectivity index (χ1) is 14.5. The highest BCUT2D eigenvalue weighted by atomic mass is 16.5. The van der Waals surface area contributed by atoms with E-state index in [-0.39, 0.29) is 18.4 Å². The Bertz CT molecular complexity index is 826. The predicted octanol–water partition coefficient (Wildman–Crippen LogP) is 3.28. The van der Waals surface area contributed by atoms with E-state index in [2.05, 4.69) is 5.32 Å². The maximum atomic E-state index is 12.6. The molecular formula is C23H31N3O4. The van der Waals surface area contributed by atoms with Crippen molar-refractivity contribution in [2.45, 2.75) is 26.4 Å². The molecule has 0 saturated carbocycles. The number of hydrogen-bond acceptors (Lipinski definition) is 4. The van der Waals surface area contributed by atoms with Gasteiger partial charge in [0.1, 0.15) is 0 Å². The monoisotopic (exact) mass is 413 g/mol. The molecule has 1 N–H and O–H groups in total. The van der Waals surface area contributed by atoms with Gasteiger partial charge in [0.25, 0.3) is 0 Å². The van der Waals surface area contributed by atoms with Gasteiger partial charge < -0.3 is 24.6 Å². The summed E-state index contributed by atoms with van der Waals surface area (Å²) in [4.78, 5) is 28.2. The summed E-state index contributed by atoms with van der Waals surface area (Å²) in [6.07, 6.45) is 0.242. The zero-order valence-corrected chi connectivity index (χ0v) is 18.2. The molecule has 162 valence electrons. The fourth-order valence-electron chi connectivity index (χ4n) is 3.07. The van der Waals surface area contributed by atoms with Crippen molar-refractivity contribution >= 4 is 11.9 Å². The molecule has 0 atom stereocenters. The van der Waals surface area contributed by atoms with Crippen molar-refractivity contribution in [3.05, 3.63) is 59.7 Å². The van der Waals surface area contributed by atoms with Gasteiger partial charge in [0, 0.05) is 39.6 Å². The van der Waals surface area contributed by atoms with Crippen LogP contribution in [0, 0.1) is 0 Å². The van der Waals surface area contributed by atoms with E-state index >= 15 is 0 Å². The van der Waals surface area contributed by atoms with Crippen molar-refractivity contribution in [1.82, 2.24) is 15.1 Å². The molecule has 2 aromatic rings. The molecule has 0 aliphatic heterocycles. The molecule has 3 amide bonds. The molecule has 0 spiro atoms. The zero-order valence-electron chi connectivity index (χ0n) is 18.2. The molecule has 7 nitrogen and oxygen atoms in total. The maximum Gasteiger partial charge on any atom is 0.317 e. The molecule has 30 heavy (non-hydrogen) atoms. The van der Waals surface area contributed by atoms with Crippen LogP contribution in [0.1, 0.15) is 24.5 Å². The van der Waals surface area contributed by atoms with E-state index in [0.29, 0.717) is 37.7 Å². The minimum Gasteiger partial charge on any atom is -0.493 e. The maximum absolute atomic E-state index is 12.6. The molecule has 0 aromatic heterocycles. The smallest absolute Gasteiger partial charge is 0.317 e. The highest BCUT2D eigenvalue weighted by molar-refractivity contribution is 5.78. The van der Waals surface area contributed by atoms with E-state index in [1.807, 2.05) is 55.5 Å². The van der Waals surface area contributed by atoms with Gasteiger partial charge in [0.2, 0.25) is 5.91 Å². The van der Waals surface area contributed by atoms with Crippen molar-refractivity contribution in [3.8, 4) is 11.5 Å². The van der Waals surface area contributed by atoms with Gasteiger partial charge in [0.05, 0.1) is 14.2 Å². The number of nitrogens with one attached hydrogen (secondary N) is 1. The van der Waals surface area contributed by atoms with Gasteiger partial charge in [-0.2, -0.15) is 0 Å². The van der Waals surface area contributed by atoms with Crippen molar-refractivity contribution in [2.24, 2.45) is 0 Å². The number of urea groups is 1. The van der Waals surface area contributed by atoms with E-state index < -0.39 is 0 Å². The van der Waals surface area contributed by atoms with E-state index in [9.17, 15) is 9.59 Å². The number of ether oxygens (including phenoxy) is 2. The van der Waals surface area contributed by atoms with Gasteiger partial charge in [-0.15, -0.1) is 0 Å². The van der Waals surface area contributed by atoms with Gasteiger partial charge in [-0.3, -0.25) is 4.79 Å². The average molecular weight is 414 g/mol. The van der Waals surface area contributed by atoms with E-state index in [1.165, 1.54) is 0 Å². The number of benzene rings is 2. The molecule has 2 rings (SSSR count). The van der Waals surface area contributed by atoms with Crippen molar-refractivity contribution in [1.29, 1.82) is 0 Å². The molecule has 0 aliphatic carbocycles. The Morgan fingerprint density at radius 3 is 2.27 bits per heavy atom. The molecule has 0 fully saturated rings. The molecular weight excluding hydrogens is 382 g/mol.